The fraction of sp³-hybridized carbons (Fsp3) is 0.385. The quantitative estimate of drug-likeness (QED) is 0.822. The van der Waals surface area contributed by atoms with Crippen LogP contribution in [0.2, 0.25) is 0 Å². The maximum Gasteiger partial charge on any atom is 0.161 e. The zero-order chi connectivity index (χ0) is 11.5. The molecule has 0 spiro atoms. The highest BCUT2D eigenvalue weighted by molar-refractivity contribution is 5.53. The van der Waals surface area contributed by atoms with Crippen molar-refractivity contribution in [2.45, 2.75) is 12.3 Å². The Morgan fingerprint density at radius 3 is 2.69 bits per heavy atom. The summed E-state index contributed by atoms with van der Waals surface area (Å²) in [7, 11) is 3.33. The Kier molecular flexibility index (Phi) is 3.04. The molecule has 0 saturated heterocycles. The zero-order valence-electron chi connectivity index (χ0n) is 9.75. The van der Waals surface area contributed by atoms with Gasteiger partial charge < -0.3 is 14.8 Å². The Labute approximate surface area is 96.1 Å². The first-order valence-electron chi connectivity index (χ1n) is 5.39. The largest absolute Gasteiger partial charge is 0.493 e. The van der Waals surface area contributed by atoms with Gasteiger partial charge in [-0.25, -0.2) is 0 Å². The fourth-order valence-electron chi connectivity index (χ4n) is 2.15. The van der Waals surface area contributed by atoms with E-state index in [0.29, 0.717) is 5.92 Å². The van der Waals surface area contributed by atoms with Gasteiger partial charge in [-0.2, -0.15) is 0 Å². The molecule has 3 nitrogen and oxygen atoms in total. The predicted molar refractivity (Wildman–Crippen MR) is 64.2 cm³/mol. The van der Waals surface area contributed by atoms with Crippen LogP contribution in [0.25, 0.3) is 0 Å². The van der Waals surface area contributed by atoms with E-state index >= 15 is 0 Å². The molecule has 1 unspecified atom stereocenters. The first-order chi connectivity index (χ1) is 7.80. The molecular weight excluding hydrogens is 202 g/mol. The van der Waals surface area contributed by atoms with Crippen molar-refractivity contribution in [1.82, 2.24) is 5.32 Å². The number of methoxy groups -OCH3 is 2. The molecule has 1 aromatic rings. The van der Waals surface area contributed by atoms with Gasteiger partial charge in [-0.1, -0.05) is 6.58 Å². The first kappa shape index (κ1) is 10.9. The summed E-state index contributed by atoms with van der Waals surface area (Å²) in [6.45, 7) is 4.59. The highest BCUT2D eigenvalue weighted by Crippen LogP contribution is 2.41. The Balaban J connectivity index is 2.20. The van der Waals surface area contributed by atoms with Gasteiger partial charge >= 0.3 is 0 Å². The average molecular weight is 219 g/mol. The lowest BCUT2D eigenvalue weighted by molar-refractivity contribution is 0.352. The van der Waals surface area contributed by atoms with Crippen molar-refractivity contribution < 1.29 is 9.47 Å². The Morgan fingerprint density at radius 1 is 1.38 bits per heavy atom. The van der Waals surface area contributed by atoms with Crippen LogP contribution in [0.1, 0.15) is 17.0 Å². The van der Waals surface area contributed by atoms with E-state index in [2.05, 4.69) is 24.0 Å². The summed E-state index contributed by atoms with van der Waals surface area (Å²) in [6.07, 6.45) is 2.83. The van der Waals surface area contributed by atoms with Crippen molar-refractivity contribution >= 4 is 0 Å². The van der Waals surface area contributed by atoms with Crippen LogP contribution in [0.5, 0.6) is 11.5 Å². The Bertz CT molecular complexity index is 401. The first-order valence-corrected chi connectivity index (χ1v) is 5.39. The number of hydrogen-bond donors (Lipinski definition) is 1. The highest BCUT2D eigenvalue weighted by atomic mass is 16.5. The molecule has 2 rings (SSSR count). The molecule has 0 bridgehead atoms. The van der Waals surface area contributed by atoms with E-state index in [1.807, 2.05) is 0 Å². The van der Waals surface area contributed by atoms with Crippen molar-refractivity contribution in [1.29, 1.82) is 0 Å². The summed E-state index contributed by atoms with van der Waals surface area (Å²) in [4.78, 5) is 0. The molecule has 0 heterocycles. The smallest absolute Gasteiger partial charge is 0.161 e. The number of fused-ring (bicyclic) bond motifs is 1. The van der Waals surface area contributed by atoms with Gasteiger partial charge in [-0.3, -0.25) is 0 Å². The van der Waals surface area contributed by atoms with Crippen LogP contribution >= 0.6 is 0 Å². The van der Waals surface area contributed by atoms with Gasteiger partial charge in [0.1, 0.15) is 0 Å². The second kappa shape index (κ2) is 4.47. The van der Waals surface area contributed by atoms with E-state index in [4.69, 9.17) is 9.47 Å². The van der Waals surface area contributed by atoms with E-state index in [1.165, 1.54) is 11.1 Å². The summed E-state index contributed by atoms with van der Waals surface area (Å²) in [5, 5.41) is 3.15. The standard InChI is InChI=1S/C13H17NO2/c1-4-14-8-10-5-9-6-12(15-2)13(16-3)7-11(9)10/h4,6-7,10,14H,1,5,8H2,2-3H3. The summed E-state index contributed by atoms with van der Waals surface area (Å²) in [6, 6.07) is 4.14. The maximum atomic E-state index is 5.29. The topological polar surface area (TPSA) is 30.5 Å². The van der Waals surface area contributed by atoms with Crippen molar-refractivity contribution in [3.8, 4) is 11.5 Å². The van der Waals surface area contributed by atoms with Crippen LogP contribution in [0.3, 0.4) is 0 Å². The lowest BCUT2D eigenvalue weighted by atomic mass is 9.77. The normalized spacial score (nSPS) is 17.0. The predicted octanol–water partition coefficient (Wildman–Crippen LogP) is 2.08. The van der Waals surface area contributed by atoms with E-state index < -0.39 is 0 Å². The SMILES string of the molecule is C=CNCC1Cc2cc(OC)c(OC)cc21. The van der Waals surface area contributed by atoms with Gasteiger partial charge in [-0.15, -0.1) is 0 Å². The zero-order valence-corrected chi connectivity index (χ0v) is 9.75. The third-order valence-electron chi connectivity index (χ3n) is 3.06. The van der Waals surface area contributed by atoms with Crippen LogP contribution in [0, 0.1) is 0 Å². The minimum absolute atomic E-state index is 0.563. The van der Waals surface area contributed by atoms with E-state index in [9.17, 15) is 0 Å². The van der Waals surface area contributed by atoms with Crippen molar-refractivity contribution in [2.75, 3.05) is 20.8 Å². The van der Waals surface area contributed by atoms with Gasteiger partial charge in [0.15, 0.2) is 11.5 Å². The molecule has 1 atom stereocenters. The fourth-order valence-corrected chi connectivity index (χ4v) is 2.15. The number of nitrogens with one attached hydrogen (secondary N) is 1. The third-order valence-corrected chi connectivity index (χ3v) is 3.06. The molecule has 16 heavy (non-hydrogen) atoms. The van der Waals surface area contributed by atoms with Gasteiger partial charge in [0, 0.05) is 12.5 Å². The molecule has 1 aliphatic carbocycles. The van der Waals surface area contributed by atoms with Crippen LogP contribution in [0.15, 0.2) is 24.9 Å². The minimum atomic E-state index is 0.563. The van der Waals surface area contributed by atoms with E-state index in [0.717, 1.165) is 24.5 Å². The number of ether oxygens (including phenoxy) is 2. The van der Waals surface area contributed by atoms with Gasteiger partial charge in [0.25, 0.3) is 0 Å². The number of hydrogen-bond acceptors (Lipinski definition) is 3. The Morgan fingerprint density at radius 2 is 2.06 bits per heavy atom. The van der Waals surface area contributed by atoms with Crippen LogP contribution in [0.4, 0.5) is 0 Å². The van der Waals surface area contributed by atoms with Crippen LogP contribution in [-0.2, 0) is 6.42 Å². The van der Waals surface area contributed by atoms with Gasteiger partial charge in [-0.05, 0) is 35.9 Å². The van der Waals surface area contributed by atoms with Gasteiger partial charge in [0.05, 0.1) is 14.2 Å². The summed E-state index contributed by atoms with van der Waals surface area (Å²) in [5.74, 6) is 2.19. The summed E-state index contributed by atoms with van der Waals surface area (Å²) in [5.41, 5.74) is 2.71. The number of benzene rings is 1. The molecule has 86 valence electrons. The number of rotatable bonds is 5. The molecule has 0 saturated carbocycles. The van der Waals surface area contributed by atoms with Crippen LogP contribution < -0.4 is 14.8 Å². The summed E-state index contributed by atoms with van der Waals surface area (Å²) < 4.78 is 10.6. The second-order valence-electron chi connectivity index (χ2n) is 3.92. The monoisotopic (exact) mass is 219 g/mol. The summed E-state index contributed by atoms with van der Waals surface area (Å²) >= 11 is 0. The van der Waals surface area contributed by atoms with E-state index in [1.54, 1.807) is 20.4 Å². The Hall–Kier alpha value is -1.64. The molecule has 0 aromatic heterocycles. The molecule has 1 aromatic carbocycles. The molecule has 0 aliphatic heterocycles. The maximum absolute atomic E-state index is 5.29. The molecular formula is C13H17NO2. The van der Waals surface area contributed by atoms with Crippen molar-refractivity contribution in [3.63, 3.8) is 0 Å². The molecule has 0 radical (unpaired) electrons. The minimum Gasteiger partial charge on any atom is -0.493 e. The molecule has 3 heteroatoms. The van der Waals surface area contributed by atoms with Crippen molar-refractivity contribution in [3.05, 3.63) is 36.0 Å². The van der Waals surface area contributed by atoms with Crippen molar-refractivity contribution in [2.24, 2.45) is 0 Å². The average Bonchev–Trinajstić information content (AvgIpc) is 2.30. The lowest BCUT2D eigenvalue weighted by Gasteiger charge is -2.31. The lowest BCUT2D eigenvalue weighted by Crippen LogP contribution is -2.26. The van der Waals surface area contributed by atoms with Gasteiger partial charge in [0.2, 0.25) is 0 Å². The highest BCUT2D eigenvalue weighted by Gasteiger charge is 2.27. The van der Waals surface area contributed by atoms with E-state index in [-0.39, 0.29) is 0 Å². The molecule has 0 fully saturated rings. The molecule has 1 aliphatic rings. The third kappa shape index (κ3) is 1.73. The van der Waals surface area contributed by atoms with Crippen LogP contribution in [-0.4, -0.2) is 20.8 Å². The molecule has 0 amide bonds. The molecule has 1 N–H and O–H groups in total. The second-order valence-corrected chi connectivity index (χ2v) is 3.92.